The molecule has 8 nitrogen and oxygen atoms in total. The van der Waals surface area contributed by atoms with Crippen molar-refractivity contribution in [1.82, 2.24) is 24.6 Å². The zero-order chi connectivity index (χ0) is 20.8. The summed E-state index contributed by atoms with van der Waals surface area (Å²) in [5, 5.41) is 7.71. The molecule has 3 heterocycles. The van der Waals surface area contributed by atoms with E-state index in [2.05, 4.69) is 36.2 Å². The Kier molecular flexibility index (Phi) is 5.04. The van der Waals surface area contributed by atoms with Gasteiger partial charge < -0.3 is 9.88 Å². The van der Waals surface area contributed by atoms with Crippen LogP contribution in [0.15, 0.2) is 24.8 Å². The number of hydrogen-bond donors (Lipinski definition) is 1. The molecule has 2 atom stereocenters. The van der Waals surface area contributed by atoms with Gasteiger partial charge in [-0.25, -0.2) is 13.4 Å². The highest BCUT2D eigenvalue weighted by atomic mass is 32.2. The topological polar surface area (TPSA) is 98.9 Å². The smallest absolute Gasteiger partial charge is 0.272 e. The largest absolute Gasteiger partial charge is 0.346 e. The van der Waals surface area contributed by atoms with Gasteiger partial charge in [0.15, 0.2) is 9.84 Å². The summed E-state index contributed by atoms with van der Waals surface area (Å²) in [4.78, 5) is 17.1. The molecule has 0 unspecified atom stereocenters. The minimum atomic E-state index is -3.01. The predicted octanol–water partition coefficient (Wildman–Crippen LogP) is 2.16. The minimum Gasteiger partial charge on any atom is -0.346 e. The molecule has 1 amide bonds. The Balaban J connectivity index is 1.55. The second kappa shape index (κ2) is 7.27. The number of rotatable bonds is 6. The molecule has 1 saturated heterocycles. The lowest BCUT2D eigenvalue weighted by molar-refractivity contribution is 0.0886. The second-order valence-corrected chi connectivity index (χ2v) is 11.6. The van der Waals surface area contributed by atoms with Crippen LogP contribution in [0.2, 0.25) is 0 Å². The minimum absolute atomic E-state index is 0.106. The van der Waals surface area contributed by atoms with Crippen LogP contribution in [-0.2, 0) is 16.4 Å². The molecule has 158 valence electrons. The third kappa shape index (κ3) is 4.55. The average molecular weight is 420 g/mol. The van der Waals surface area contributed by atoms with Crippen molar-refractivity contribution in [2.45, 2.75) is 64.6 Å². The van der Waals surface area contributed by atoms with Gasteiger partial charge in [0.2, 0.25) is 0 Å². The maximum absolute atomic E-state index is 13.1. The first-order valence-electron chi connectivity index (χ1n) is 10.2. The van der Waals surface area contributed by atoms with Gasteiger partial charge in [0, 0.05) is 30.6 Å². The van der Waals surface area contributed by atoms with E-state index in [1.54, 1.807) is 12.5 Å². The van der Waals surface area contributed by atoms with Crippen molar-refractivity contribution in [3.05, 3.63) is 36.2 Å². The van der Waals surface area contributed by atoms with E-state index in [1.165, 1.54) is 0 Å². The lowest BCUT2D eigenvalue weighted by Crippen LogP contribution is -2.46. The summed E-state index contributed by atoms with van der Waals surface area (Å²) >= 11 is 0. The van der Waals surface area contributed by atoms with Gasteiger partial charge in [0.05, 0.1) is 29.9 Å². The molecule has 0 spiro atoms. The van der Waals surface area contributed by atoms with Crippen LogP contribution in [0.5, 0.6) is 0 Å². The van der Waals surface area contributed by atoms with Crippen LogP contribution in [0.25, 0.3) is 0 Å². The monoisotopic (exact) mass is 419 g/mol. The van der Waals surface area contributed by atoms with Gasteiger partial charge in [-0.15, -0.1) is 0 Å². The molecule has 1 saturated carbocycles. The molecule has 0 aromatic carbocycles. The number of carbonyl (C=O) groups is 1. The number of aromatic nitrogens is 4. The van der Waals surface area contributed by atoms with Crippen molar-refractivity contribution in [2.75, 3.05) is 11.5 Å². The third-order valence-electron chi connectivity index (χ3n) is 5.85. The summed E-state index contributed by atoms with van der Waals surface area (Å²) in [6.07, 6.45) is 8.04. The van der Waals surface area contributed by atoms with Crippen molar-refractivity contribution < 1.29 is 13.2 Å². The summed E-state index contributed by atoms with van der Waals surface area (Å²) in [5.41, 5.74) is 1.22. The lowest BCUT2D eigenvalue weighted by Gasteiger charge is -2.31. The number of sulfone groups is 1. The van der Waals surface area contributed by atoms with Crippen LogP contribution in [0.3, 0.4) is 0 Å². The predicted molar refractivity (Wildman–Crippen MR) is 109 cm³/mol. The molecule has 1 aliphatic carbocycles. The van der Waals surface area contributed by atoms with Crippen molar-refractivity contribution in [1.29, 1.82) is 0 Å². The quantitative estimate of drug-likeness (QED) is 0.774. The molecule has 2 fully saturated rings. The summed E-state index contributed by atoms with van der Waals surface area (Å²) in [7, 11) is -3.01. The summed E-state index contributed by atoms with van der Waals surface area (Å²) in [5.74, 6) is 0.476. The van der Waals surface area contributed by atoms with Gasteiger partial charge in [-0.1, -0.05) is 20.8 Å². The molecule has 4 rings (SSSR count). The van der Waals surface area contributed by atoms with Crippen LogP contribution < -0.4 is 5.32 Å². The van der Waals surface area contributed by atoms with Crippen LogP contribution >= 0.6 is 0 Å². The first-order chi connectivity index (χ1) is 13.6. The van der Waals surface area contributed by atoms with E-state index >= 15 is 0 Å². The maximum Gasteiger partial charge on any atom is 0.272 e. The highest BCUT2D eigenvalue weighted by Gasteiger charge is 2.36. The zero-order valence-corrected chi connectivity index (χ0v) is 18.0. The molecule has 29 heavy (non-hydrogen) atoms. The lowest BCUT2D eigenvalue weighted by atomic mass is 9.86. The Hall–Kier alpha value is -2.16. The number of carbonyl (C=O) groups excluding carboxylic acids is 1. The van der Waals surface area contributed by atoms with E-state index < -0.39 is 9.84 Å². The second-order valence-electron chi connectivity index (χ2n) is 9.38. The van der Waals surface area contributed by atoms with Crippen molar-refractivity contribution in [3.63, 3.8) is 0 Å². The Labute approximate surface area is 171 Å². The first-order valence-corrected chi connectivity index (χ1v) is 12.0. The summed E-state index contributed by atoms with van der Waals surface area (Å²) in [6, 6.07) is 1.58. The van der Waals surface area contributed by atoms with Crippen LogP contribution in [-0.4, -0.2) is 51.2 Å². The van der Waals surface area contributed by atoms with Crippen molar-refractivity contribution in [3.8, 4) is 0 Å². The Morgan fingerprint density at radius 2 is 2.07 bits per heavy atom. The summed E-state index contributed by atoms with van der Waals surface area (Å²) in [6.45, 7) is 6.89. The molecule has 2 aromatic heterocycles. The molecule has 0 radical (unpaired) electrons. The van der Waals surface area contributed by atoms with Gasteiger partial charge in [-0.3, -0.25) is 9.48 Å². The van der Waals surface area contributed by atoms with E-state index in [1.807, 2.05) is 21.5 Å². The van der Waals surface area contributed by atoms with Gasteiger partial charge >= 0.3 is 0 Å². The van der Waals surface area contributed by atoms with E-state index in [-0.39, 0.29) is 34.9 Å². The molecule has 1 N–H and O–H groups in total. The molecule has 9 heteroatoms. The average Bonchev–Trinajstić information content (AvgIpc) is 3.04. The van der Waals surface area contributed by atoms with Crippen LogP contribution in [0.1, 0.15) is 68.2 Å². The molecule has 2 aromatic rings. The van der Waals surface area contributed by atoms with Crippen LogP contribution in [0, 0.1) is 5.41 Å². The fraction of sp³-hybridized carbons (Fsp3) is 0.650. The fourth-order valence-corrected chi connectivity index (χ4v) is 5.53. The maximum atomic E-state index is 13.1. The highest BCUT2D eigenvalue weighted by Crippen LogP contribution is 2.42. The number of imidazole rings is 1. The van der Waals surface area contributed by atoms with E-state index in [0.717, 1.165) is 18.5 Å². The van der Waals surface area contributed by atoms with E-state index in [4.69, 9.17) is 0 Å². The zero-order valence-electron chi connectivity index (χ0n) is 17.2. The number of nitrogens with one attached hydrogen (secondary N) is 1. The Morgan fingerprint density at radius 3 is 2.62 bits per heavy atom. The normalized spacial score (nSPS) is 22.5. The van der Waals surface area contributed by atoms with Gasteiger partial charge in [0.25, 0.3) is 5.91 Å². The van der Waals surface area contributed by atoms with Gasteiger partial charge in [0.1, 0.15) is 5.69 Å². The van der Waals surface area contributed by atoms with Crippen LogP contribution in [0.4, 0.5) is 0 Å². The Morgan fingerprint density at radius 1 is 1.31 bits per heavy atom. The number of nitrogens with zero attached hydrogens (tertiary/aromatic N) is 4. The molecular formula is C20H29N5O3S. The standard InChI is InChI=1S/C20H29N5O3S/c1-20(2,3)18(11-24-8-7-21-13-24)22-19(26)16-10-17(14-4-5-14)25(23-16)15-6-9-29(27,28)12-15/h7-8,10,13-15,18H,4-6,9,11-12H2,1-3H3,(H,22,26)/t15-,18-/m1/s1. The molecule has 2 aliphatic rings. The van der Waals surface area contributed by atoms with E-state index in [9.17, 15) is 13.2 Å². The van der Waals surface area contributed by atoms with Gasteiger partial charge in [-0.05, 0) is 30.7 Å². The highest BCUT2D eigenvalue weighted by molar-refractivity contribution is 7.91. The SMILES string of the molecule is CC(C)(C)[C@@H](Cn1ccnc1)NC(=O)c1cc(C2CC2)n([C@@H]2CCS(=O)(=O)C2)n1. The van der Waals surface area contributed by atoms with Crippen molar-refractivity contribution in [2.24, 2.45) is 5.41 Å². The Bertz CT molecular complexity index is 984. The van der Waals surface area contributed by atoms with Gasteiger partial charge in [-0.2, -0.15) is 5.10 Å². The molecule has 1 aliphatic heterocycles. The first kappa shape index (κ1) is 20.1. The molecule has 0 bridgehead atoms. The summed E-state index contributed by atoms with van der Waals surface area (Å²) < 4.78 is 27.6. The molecular weight excluding hydrogens is 390 g/mol. The number of hydrogen-bond acceptors (Lipinski definition) is 5. The third-order valence-corrected chi connectivity index (χ3v) is 7.60. The van der Waals surface area contributed by atoms with Crippen molar-refractivity contribution >= 4 is 15.7 Å². The fourth-order valence-electron chi connectivity index (χ4n) is 3.84. The number of amides is 1. The van der Waals surface area contributed by atoms with E-state index in [0.29, 0.717) is 24.6 Å².